The van der Waals surface area contributed by atoms with Crippen molar-refractivity contribution in [2.45, 2.75) is 42.6 Å². The molecule has 1 aromatic heterocycles. The summed E-state index contributed by atoms with van der Waals surface area (Å²) in [6.45, 7) is 2.93. The molecule has 1 unspecified atom stereocenters. The van der Waals surface area contributed by atoms with Crippen LogP contribution >= 0.6 is 23.1 Å². The maximum Gasteiger partial charge on any atom is 0.338 e. The molecule has 0 saturated heterocycles. The zero-order valence-electron chi connectivity index (χ0n) is 17.5. The predicted octanol–water partition coefficient (Wildman–Crippen LogP) is 3.81. The summed E-state index contributed by atoms with van der Waals surface area (Å²) in [6, 6.07) is 8.88. The summed E-state index contributed by atoms with van der Waals surface area (Å²) in [5.74, 6) is -0.00206. The number of ether oxygens (including phenoxy) is 1. The lowest BCUT2D eigenvalue weighted by Crippen LogP contribution is -2.50. The molecule has 2 aliphatic rings. The van der Waals surface area contributed by atoms with E-state index >= 15 is 0 Å². The first kappa shape index (κ1) is 21.6. The van der Waals surface area contributed by atoms with Crippen molar-refractivity contribution < 1.29 is 14.3 Å². The molecule has 1 fully saturated rings. The molecule has 0 spiro atoms. The molecule has 1 aromatic carbocycles. The van der Waals surface area contributed by atoms with Gasteiger partial charge in [-0.25, -0.2) is 9.59 Å². The number of nitrogens with one attached hydrogen (secondary N) is 2. The molecule has 164 valence electrons. The van der Waals surface area contributed by atoms with Crippen LogP contribution in [0.4, 0.5) is 9.93 Å². The van der Waals surface area contributed by atoms with E-state index in [9.17, 15) is 9.59 Å². The molecule has 2 aromatic rings. The smallest absolute Gasteiger partial charge is 0.338 e. The SMILES string of the molecule is CCCNc1nnc(SCC2=C(C(=O)OC)C(c3ccccc3)NC(=O)N2C2CC2)s1. The van der Waals surface area contributed by atoms with Crippen LogP contribution in [0, 0.1) is 0 Å². The molecule has 2 N–H and O–H groups in total. The molecule has 2 heterocycles. The van der Waals surface area contributed by atoms with Crippen molar-refractivity contribution in [3.63, 3.8) is 0 Å². The van der Waals surface area contributed by atoms with Crippen LogP contribution in [-0.4, -0.2) is 52.5 Å². The highest BCUT2D eigenvalue weighted by Gasteiger charge is 2.43. The second kappa shape index (κ2) is 9.69. The summed E-state index contributed by atoms with van der Waals surface area (Å²) in [6.07, 6.45) is 2.86. The Hall–Kier alpha value is -2.59. The monoisotopic (exact) mass is 459 g/mol. The highest BCUT2D eigenvalue weighted by Crippen LogP contribution is 2.40. The molecule has 0 radical (unpaired) electrons. The zero-order chi connectivity index (χ0) is 21.8. The zero-order valence-corrected chi connectivity index (χ0v) is 19.1. The Kier molecular flexibility index (Phi) is 6.77. The number of anilines is 1. The lowest BCUT2D eigenvalue weighted by molar-refractivity contribution is -0.136. The first-order valence-electron chi connectivity index (χ1n) is 10.3. The average molecular weight is 460 g/mol. The lowest BCUT2D eigenvalue weighted by Gasteiger charge is -2.36. The number of carbonyl (C=O) groups excluding carboxylic acids is 2. The van der Waals surface area contributed by atoms with E-state index in [1.165, 1.54) is 30.2 Å². The fourth-order valence-electron chi connectivity index (χ4n) is 3.49. The van der Waals surface area contributed by atoms with Gasteiger partial charge in [0.25, 0.3) is 0 Å². The van der Waals surface area contributed by atoms with E-state index in [0.29, 0.717) is 17.0 Å². The van der Waals surface area contributed by atoms with Gasteiger partial charge in [0.05, 0.1) is 18.7 Å². The lowest BCUT2D eigenvalue weighted by atomic mass is 9.95. The first-order valence-corrected chi connectivity index (χ1v) is 12.1. The van der Waals surface area contributed by atoms with Crippen molar-refractivity contribution in [1.82, 2.24) is 20.4 Å². The number of hydrogen-bond donors (Lipinski definition) is 2. The number of urea groups is 1. The van der Waals surface area contributed by atoms with Crippen molar-refractivity contribution >= 4 is 40.2 Å². The van der Waals surface area contributed by atoms with Crippen LogP contribution in [0.25, 0.3) is 0 Å². The van der Waals surface area contributed by atoms with Crippen molar-refractivity contribution in [1.29, 1.82) is 0 Å². The summed E-state index contributed by atoms with van der Waals surface area (Å²) in [4.78, 5) is 27.7. The normalized spacial score (nSPS) is 18.7. The quantitative estimate of drug-likeness (QED) is 0.435. The molecule has 1 atom stereocenters. The largest absolute Gasteiger partial charge is 0.466 e. The van der Waals surface area contributed by atoms with Gasteiger partial charge < -0.3 is 15.4 Å². The van der Waals surface area contributed by atoms with Gasteiger partial charge in [0.15, 0.2) is 4.34 Å². The van der Waals surface area contributed by atoms with Crippen molar-refractivity contribution in [3.05, 3.63) is 47.2 Å². The molecule has 8 nitrogen and oxygen atoms in total. The van der Waals surface area contributed by atoms with Gasteiger partial charge in [-0.15, -0.1) is 10.2 Å². The predicted molar refractivity (Wildman–Crippen MR) is 121 cm³/mol. The molecule has 31 heavy (non-hydrogen) atoms. The van der Waals surface area contributed by atoms with Crippen LogP contribution in [0.2, 0.25) is 0 Å². The summed E-state index contributed by atoms with van der Waals surface area (Å²) in [5.41, 5.74) is 2.01. The number of methoxy groups -OCH3 is 1. The molecule has 4 rings (SSSR count). The number of thioether (sulfide) groups is 1. The molecule has 1 aliphatic heterocycles. The van der Waals surface area contributed by atoms with Gasteiger partial charge in [-0.3, -0.25) is 4.90 Å². The second-order valence-corrected chi connectivity index (χ2v) is 9.53. The third kappa shape index (κ3) is 4.85. The number of rotatable bonds is 9. The first-order chi connectivity index (χ1) is 15.1. The summed E-state index contributed by atoms with van der Waals surface area (Å²) in [5, 5.41) is 15.4. The van der Waals surface area contributed by atoms with Gasteiger partial charge in [0, 0.05) is 24.0 Å². The van der Waals surface area contributed by atoms with E-state index in [-0.39, 0.29) is 12.1 Å². The maximum absolute atomic E-state index is 13.0. The van der Waals surface area contributed by atoms with Gasteiger partial charge >= 0.3 is 12.0 Å². The number of esters is 1. The van der Waals surface area contributed by atoms with E-state index < -0.39 is 12.0 Å². The number of nitrogens with zero attached hydrogens (tertiary/aromatic N) is 3. The molecule has 1 saturated carbocycles. The minimum Gasteiger partial charge on any atom is -0.466 e. The Morgan fingerprint density at radius 1 is 1.32 bits per heavy atom. The Labute approximate surface area is 189 Å². The molecule has 1 aliphatic carbocycles. The number of aromatic nitrogens is 2. The standard InChI is InChI=1S/C21H25N5O3S2/c1-3-11-22-19-24-25-21(31-19)30-12-15-16(18(27)29-2)17(13-7-5-4-6-8-13)23-20(28)26(15)14-9-10-14/h4-8,14,17H,3,9-12H2,1-2H3,(H,22,24)(H,23,28). The van der Waals surface area contributed by atoms with Gasteiger partial charge in [0.1, 0.15) is 0 Å². The average Bonchev–Trinajstić information content (AvgIpc) is 3.53. The summed E-state index contributed by atoms with van der Waals surface area (Å²) >= 11 is 2.95. The van der Waals surface area contributed by atoms with Crippen LogP contribution < -0.4 is 10.6 Å². The molecule has 10 heteroatoms. The molecular formula is C21H25N5O3S2. The minimum absolute atomic E-state index is 0.114. The summed E-state index contributed by atoms with van der Waals surface area (Å²) < 4.78 is 5.92. The molecular weight excluding hydrogens is 434 g/mol. The third-order valence-electron chi connectivity index (χ3n) is 5.09. The highest BCUT2D eigenvalue weighted by atomic mass is 32.2. The van der Waals surface area contributed by atoms with E-state index in [2.05, 4.69) is 27.8 Å². The molecule has 0 bridgehead atoms. The van der Waals surface area contributed by atoms with Gasteiger partial charge in [-0.1, -0.05) is 60.4 Å². The molecule has 2 amide bonds. The van der Waals surface area contributed by atoms with E-state index in [1.54, 1.807) is 4.90 Å². The van der Waals surface area contributed by atoms with Gasteiger partial charge in [0.2, 0.25) is 5.13 Å². The van der Waals surface area contributed by atoms with Crippen LogP contribution in [0.1, 0.15) is 37.8 Å². The number of carbonyl (C=O) groups is 2. The Morgan fingerprint density at radius 2 is 2.10 bits per heavy atom. The van der Waals surface area contributed by atoms with Gasteiger partial charge in [-0.2, -0.15) is 0 Å². The van der Waals surface area contributed by atoms with Crippen LogP contribution in [-0.2, 0) is 9.53 Å². The van der Waals surface area contributed by atoms with E-state index in [1.807, 2.05) is 30.3 Å². The van der Waals surface area contributed by atoms with E-state index in [4.69, 9.17) is 4.74 Å². The van der Waals surface area contributed by atoms with Crippen LogP contribution in [0.15, 0.2) is 45.9 Å². The third-order valence-corrected chi connectivity index (χ3v) is 7.12. The Morgan fingerprint density at radius 3 is 2.77 bits per heavy atom. The fraction of sp³-hybridized carbons (Fsp3) is 0.429. The van der Waals surface area contributed by atoms with Crippen LogP contribution in [0.5, 0.6) is 0 Å². The van der Waals surface area contributed by atoms with Crippen molar-refractivity contribution in [3.8, 4) is 0 Å². The van der Waals surface area contributed by atoms with Crippen molar-refractivity contribution in [2.24, 2.45) is 0 Å². The maximum atomic E-state index is 13.0. The van der Waals surface area contributed by atoms with Gasteiger partial charge in [-0.05, 0) is 24.8 Å². The number of benzene rings is 1. The number of amides is 2. The summed E-state index contributed by atoms with van der Waals surface area (Å²) in [7, 11) is 1.37. The number of hydrogen-bond acceptors (Lipinski definition) is 8. The topological polar surface area (TPSA) is 96.5 Å². The van der Waals surface area contributed by atoms with E-state index in [0.717, 1.165) is 40.8 Å². The minimum atomic E-state index is -0.553. The Bertz CT molecular complexity index is 974. The van der Waals surface area contributed by atoms with Crippen LogP contribution in [0.3, 0.4) is 0 Å². The second-order valence-electron chi connectivity index (χ2n) is 7.33. The highest BCUT2D eigenvalue weighted by molar-refractivity contribution is 8.01. The fourth-order valence-corrected chi connectivity index (χ4v) is 5.30. The van der Waals surface area contributed by atoms with Crippen molar-refractivity contribution in [2.75, 3.05) is 24.7 Å². The Balaban J connectivity index is 1.67.